The summed E-state index contributed by atoms with van der Waals surface area (Å²) in [7, 11) is 0. The molecule has 0 aromatic rings. The van der Waals surface area contributed by atoms with Crippen LogP contribution in [0.2, 0.25) is 0 Å². The van der Waals surface area contributed by atoms with Crippen LogP contribution in [-0.2, 0) is 0 Å². The molecule has 0 heterocycles. The average molecular weight is 233 g/mol. The fourth-order valence-corrected chi connectivity index (χ4v) is 3.42. The van der Waals surface area contributed by atoms with Gasteiger partial charge in [0.1, 0.15) is 0 Å². The average Bonchev–Trinajstić information content (AvgIpc) is 2.19. The lowest BCUT2D eigenvalue weighted by Crippen LogP contribution is -2.36. The van der Waals surface area contributed by atoms with Crippen LogP contribution in [0.3, 0.4) is 0 Å². The minimum atomic E-state index is 0.669. The monoisotopic (exact) mass is 233 g/mol. The van der Waals surface area contributed by atoms with E-state index in [2.05, 4.69) is 30.8 Å². The van der Waals surface area contributed by atoms with Gasteiger partial charge in [-0.1, -0.05) is 31.2 Å². The Balaban J connectivity index is 2.39. The van der Waals surface area contributed by atoms with Gasteiger partial charge >= 0.3 is 0 Å². The van der Waals surface area contributed by atoms with Crippen molar-refractivity contribution in [2.75, 3.05) is 11.5 Å². The molecule has 0 amide bonds. The molecule has 0 spiro atoms. The summed E-state index contributed by atoms with van der Waals surface area (Å²) in [6.45, 7) is 4.61. The van der Waals surface area contributed by atoms with E-state index in [1.165, 1.54) is 32.1 Å². The molecule has 14 heavy (non-hydrogen) atoms. The smallest absolute Gasteiger partial charge is 0.0205 e. The Morgan fingerprint density at radius 3 is 2.43 bits per heavy atom. The minimum absolute atomic E-state index is 0.669. The van der Waals surface area contributed by atoms with E-state index in [0.717, 1.165) is 17.5 Å². The Hall–Kier alpha value is 0.660. The van der Waals surface area contributed by atoms with Crippen LogP contribution < -0.4 is 0 Å². The van der Waals surface area contributed by atoms with Crippen molar-refractivity contribution >= 4 is 24.6 Å². The second-order valence-corrected chi connectivity index (χ2v) is 5.84. The van der Waals surface area contributed by atoms with Gasteiger partial charge in [0.2, 0.25) is 0 Å². The largest absolute Gasteiger partial charge is 0.245 e. The quantitative estimate of drug-likeness (QED) is 0.571. The van der Waals surface area contributed by atoms with Gasteiger partial charge in [-0.25, -0.2) is 4.31 Å². The molecule has 3 heteroatoms. The number of hydrogen-bond acceptors (Lipinski definition) is 3. The summed E-state index contributed by atoms with van der Waals surface area (Å²) in [6, 6.07) is 1.50. The van der Waals surface area contributed by atoms with Crippen LogP contribution in [0.15, 0.2) is 0 Å². The molecule has 0 atom stereocenters. The maximum atomic E-state index is 4.28. The van der Waals surface area contributed by atoms with Gasteiger partial charge in [0.05, 0.1) is 0 Å². The third kappa shape index (κ3) is 4.03. The van der Waals surface area contributed by atoms with Crippen LogP contribution >= 0.6 is 24.6 Å². The highest BCUT2D eigenvalue weighted by Gasteiger charge is 2.23. The van der Waals surface area contributed by atoms with Crippen molar-refractivity contribution in [3.05, 3.63) is 0 Å². The standard InChI is InChI=1S/C11H23NS2/c1-10(2)12(14-9-8-13)11-6-4-3-5-7-11/h10-11,13H,3-9H2,1-2H3. The van der Waals surface area contributed by atoms with Crippen molar-refractivity contribution in [1.29, 1.82) is 0 Å². The highest BCUT2D eigenvalue weighted by molar-refractivity contribution is 7.97. The molecule has 0 aromatic heterocycles. The van der Waals surface area contributed by atoms with E-state index in [-0.39, 0.29) is 0 Å². The van der Waals surface area contributed by atoms with E-state index in [1.807, 2.05) is 11.9 Å². The Kier molecular flexibility index (Phi) is 6.38. The molecule has 0 N–H and O–H groups in total. The molecule has 0 unspecified atom stereocenters. The van der Waals surface area contributed by atoms with Gasteiger partial charge in [0.25, 0.3) is 0 Å². The third-order valence-electron chi connectivity index (χ3n) is 2.78. The maximum absolute atomic E-state index is 4.28. The molecule has 1 rings (SSSR count). The first-order chi connectivity index (χ1) is 6.75. The van der Waals surface area contributed by atoms with Crippen LogP contribution in [0.25, 0.3) is 0 Å². The van der Waals surface area contributed by atoms with Crippen molar-refractivity contribution in [1.82, 2.24) is 4.31 Å². The highest BCUT2D eigenvalue weighted by Crippen LogP contribution is 2.29. The molecule has 1 aliphatic carbocycles. The van der Waals surface area contributed by atoms with E-state index in [9.17, 15) is 0 Å². The van der Waals surface area contributed by atoms with Gasteiger partial charge < -0.3 is 0 Å². The zero-order chi connectivity index (χ0) is 10.4. The summed E-state index contributed by atoms with van der Waals surface area (Å²) in [6.07, 6.45) is 7.10. The molecule has 84 valence electrons. The lowest BCUT2D eigenvalue weighted by atomic mass is 9.95. The van der Waals surface area contributed by atoms with Crippen molar-refractivity contribution in [2.45, 2.75) is 58.0 Å². The lowest BCUT2D eigenvalue weighted by Gasteiger charge is -2.36. The van der Waals surface area contributed by atoms with E-state index < -0.39 is 0 Å². The molecule has 0 aliphatic heterocycles. The fraction of sp³-hybridized carbons (Fsp3) is 1.00. The molecule has 0 bridgehead atoms. The summed E-state index contributed by atoms with van der Waals surface area (Å²) >= 11 is 6.27. The first kappa shape index (κ1) is 12.7. The van der Waals surface area contributed by atoms with E-state index >= 15 is 0 Å². The number of rotatable bonds is 5. The van der Waals surface area contributed by atoms with E-state index in [1.54, 1.807) is 0 Å². The molecule has 0 saturated heterocycles. The topological polar surface area (TPSA) is 3.24 Å². The predicted molar refractivity (Wildman–Crippen MR) is 70.2 cm³/mol. The SMILES string of the molecule is CC(C)N(SCCS)C1CCCCC1. The molecule has 0 aromatic carbocycles. The molecular weight excluding hydrogens is 210 g/mol. The Labute approximate surface area is 98.6 Å². The minimum Gasteiger partial charge on any atom is -0.245 e. The van der Waals surface area contributed by atoms with E-state index in [0.29, 0.717) is 6.04 Å². The first-order valence-electron chi connectivity index (χ1n) is 5.78. The molecule has 1 aliphatic rings. The molecule has 1 nitrogen and oxygen atoms in total. The van der Waals surface area contributed by atoms with E-state index in [4.69, 9.17) is 0 Å². The zero-order valence-corrected chi connectivity index (χ0v) is 11.1. The van der Waals surface area contributed by atoms with Gasteiger partial charge in [0, 0.05) is 23.6 Å². The van der Waals surface area contributed by atoms with Crippen molar-refractivity contribution < 1.29 is 0 Å². The van der Waals surface area contributed by atoms with Gasteiger partial charge in [-0.05, 0) is 26.7 Å². The Bertz CT molecular complexity index is 144. The zero-order valence-electron chi connectivity index (χ0n) is 9.41. The third-order valence-corrected chi connectivity index (χ3v) is 4.71. The normalized spacial score (nSPS) is 19.5. The van der Waals surface area contributed by atoms with Gasteiger partial charge in [-0.15, -0.1) is 0 Å². The van der Waals surface area contributed by atoms with Crippen LogP contribution in [0, 0.1) is 0 Å². The summed E-state index contributed by atoms with van der Waals surface area (Å²) in [5.74, 6) is 2.14. The van der Waals surface area contributed by atoms with Gasteiger partial charge in [-0.3, -0.25) is 0 Å². The van der Waals surface area contributed by atoms with Crippen LogP contribution in [0.5, 0.6) is 0 Å². The summed E-state index contributed by atoms with van der Waals surface area (Å²) < 4.78 is 2.61. The van der Waals surface area contributed by atoms with Gasteiger partial charge in [0.15, 0.2) is 0 Å². The fourth-order valence-electron chi connectivity index (χ4n) is 2.16. The van der Waals surface area contributed by atoms with Crippen LogP contribution in [0.4, 0.5) is 0 Å². The van der Waals surface area contributed by atoms with Crippen molar-refractivity contribution in [3.8, 4) is 0 Å². The lowest BCUT2D eigenvalue weighted by molar-refractivity contribution is 0.239. The summed E-state index contributed by atoms with van der Waals surface area (Å²) in [5.41, 5.74) is 0. The second-order valence-electron chi connectivity index (χ2n) is 4.30. The Morgan fingerprint density at radius 1 is 1.29 bits per heavy atom. The first-order valence-corrected chi connectivity index (χ1v) is 7.35. The highest BCUT2D eigenvalue weighted by atomic mass is 32.2. The molecule has 1 fully saturated rings. The van der Waals surface area contributed by atoms with Crippen LogP contribution in [0.1, 0.15) is 46.0 Å². The maximum Gasteiger partial charge on any atom is 0.0205 e. The second kappa shape index (κ2) is 7.02. The number of nitrogens with zero attached hydrogens (tertiary/aromatic N) is 1. The summed E-state index contributed by atoms with van der Waals surface area (Å²) in [4.78, 5) is 0. The number of thiol groups is 1. The molecule has 1 saturated carbocycles. The van der Waals surface area contributed by atoms with Crippen molar-refractivity contribution in [2.24, 2.45) is 0 Å². The Morgan fingerprint density at radius 2 is 1.93 bits per heavy atom. The van der Waals surface area contributed by atoms with Crippen molar-refractivity contribution in [3.63, 3.8) is 0 Å². The molecular formula is C11H23NS2. The van der Waals surface area contributed by atoms with Gasteiger partial charge in [-0.2, -0.15) is 12.6 Å². The number of hydrogen-bond donors (Lipinski definition) is 1. The predicted octanol–water partition coefficient (Wildman–Crippen LogP) is 3.61. The van der Waals surface area contributed by atoms with Crippen LogP contribution in [-0.4, -0.2) is 27.9 Å². The summed E-state index contributed by atoms with van der Waals surface area (Å²) in [5, 5.41) is 0. The molecule has 0 radical (unpaired) electrons.